The zero-order valence-corrected chi connectivity index (χ0v) is 11.5. The number of rotatable bonds is 7. The third-order valence-corrected chi connectivity index (χ3v) is 3.02. The van der Waals surface area contributed by atoms with Crippen LogP contribution in [-0.4, -0.2) is 45.4 Å². The van der Waals surface area contributed by atoms with Crippen LogP contribution in [0.3, 0.4) is 0 Å². The Morgan fingerprint density at radius 2 is 2.17 bits per heavy atom. The molecule has 0 aliphatic rings. The summed E-state index contributed by atoms with van der Waals surface area (Å²) in [6, 6.07) is -0.302. The van der Waals surface area contributed by atoms with Crippen molar-refractivity contribution in [3.05, 3.63) is 11.9 Å². The quantitative estimate of drug-likeness (QED) is 0.772. The molecular weight excluding hydrogens is 230 g/mol. The molecule has 0 aromatic carbocycles. The van der Waals surface area contributed by atoms with Crippen LogP contribution in [0.5, 0.6) is 0 Å². The van der Waals surface area contributed by atoms with Crippen LogP contribution in [0.2, 0.25) is 0 Å². The minimum Gasteiger partial charge on any atom is -0.341 e. The number of nitrogens with zero attached hydrogens (tertiary/aromatic N) is 4. The van der Waals surface area contributed by atoms with Crippen LogP contribution in [0, 0.1) is 0 Å². The molecule has 0 saturated carbocycles. The van der Waals surface area contributed by atoms with E-state index >= 15 is 0 Å². The van der Waals surface area contributed by atoms with Gasteiger partial charge in [0.25, 0.3) is 0 Å². The summed E-state index contributed by atoms with van der Waals surface area (Å²) >= 11 is 0. The number of likely N-dealkylation sites (N-methyl/N-ethyl adjacent to an activating group) is 1. The molecular formula is C12H23N5O. The number of aryl methyl sites for hydroxylation is 1. The number of carbonyl (C=O) groups excluding carboxylic acids is 1. The highest BCUT2D eigenvalue weighted by molar-refractivity contribution is 5.79. The summed E-state index contributed by atoms with van der Waals surface area (Å²) in [5, 5.41) is 8.07. The Kier molecular flexibility index (Phi) is 5.77. The maximum Gasteiger partial charge on any atom is 0.247 e. The fraction of sp³-hybridized carbons (Fsp3) is 0.750. The number of carbonyl (C=O) groups is 1. The molecule has 0 fully saturated rings. The van der Waals surface area contributed by atoms with E-state index in [4.69, 9.17) is 5.73 Å². The Bertz CT molecular complexity index is 372. The standard InChI is InChI=1S/C12H23N5O/c1-4-16(5-2)12(18)10(3)17-9-11(14-15-17)7-6-8-13/h9-10H,4-8,13H2,1-3H3. The number of amides is 1. The Balaban J connectivity index is 2.68. The van der Waals surface area contributed by atoms with Gasteiger partial charge in [-0.1, -0.05) is 5.21 Å². The SMILES string of the molecule is CCN(CC)C(=O)C(C)n1cc(CCCN)nn1. The van der Waals surface area contributed by atoms with Crippen molar-refractivity contribution in [2.75, 3.05) is 19.6 Å². The van der Waals surface area contributed by atoms with E-state index in [1.165, 1.54) is 0 Å². The Labute approximate surface area is 108 Å². The van der Waals surface area contributed by atoms with Gasteiger partial charge >= 0.3 is 0 Å². The summed E-state index contributed by atoms with van der Waals surface area (Å²) in [5.74, 6) is 0.0790. The molecule has 1 heterocycles. The highest BCUT2D eigenvalue weighted by atomic mass is 16.2. The molecule has 0 bridgehead atoms. The lowest BCUT2D eigenvalue weighted by molar-refractivity contribution is -0.134. The van der Waals surface area contributed by atoms with Gasteiger partial charge in [0, 0.05) is 19.3 Å². The van der Waals surface area contributed by atoms with Gasteiger partial charge in [-0.3, -0.25) is 4.79 Å². The molecule has 1 aromatic rings. The molecule has 6 nitrogen and oxygen atoms in total. The van der Waals surface area contributed by atoms with Gasteiger partial charge in [0.1, 0.15) is 6.04 Å². The van der Waals surface area contributed by atoms with E-state index in [2.05, 4.69) is 10.3 Å². The molecule has 1 rings (SSSR count). The summed E-state index contributed by atoms with van der Waals surface area (Å²) in [4.78, 5) is 13.9. The predicted molar refractivity (Wildman–Crippen MR) is 70.0 cm³/mol. The van der Waals surface area contributed by atoms with Crippen LogP contribution in [0.4, 0.5) is 0 Å². The van der Waals surface area contributed by atoms with E-state index in [1.54, 1.807) is 9.58 Å². The third-order valence-electron chi connectivity index (χ3n) is 3.02. The van der Waals surface area contributed by atoms with E-state index in [-0.39, 0.29) is 11.9 Å². The van der Waals surface area contributed by atoms with E-state index in [1.807, 2.05) is 27.0 Å². The first-order chi connectivity index (χ1) is 8.63. The molecule has 102 valence electrons. The number of nitrogens with two attached hydrogens (primary N) is 1. The lowest BCUT2D eigenvalue weighted by Gasteiger charge is -2.22. The molecule has 1 unspecified atom stereocenters. The molecule has 6 heteroatoms. The average Bonchev–Trinajstić information content (AvgIpc) is 2.85. The summed E-state index contributed by atoms with van der Waals surface area (Å²) in [6.07, 6.45) is 3.53. The summed E-state index contributed by atoms with van der Waals surface area (Å²) in [6.45, 7) is 7.87. The van der Waals surface area contributed by atoms with Crippen molar-refractivity contribution in [2.45, 2.75) is 39.7 Å². The second kappa shape index (κ2) is 7.10. The molecule has 1 atom stereocenters. The first-order valence-corrected chi connectivity index (χ1v) is 6.53. The fourth-order valence-electron chi connectivity index (χ4n) is 1.81. The molecule has 0 aliphatic heterocycles. The van der Waals surface area contributed by atoms with Crippen LogP contribution in [0.25, 0.3) is 0 Å². The highest BCUT2D eigenvalue weighted by Gasteiger charge is 2.20. The van der Waals surface area contributed by atoms with Crippen LogP contribution >= 0.6 is 0 Å². The van der Waals surface area contributed by atoms with E-state index < -0.39 is 0 Å². The largest absolute Gasteiger partial charge is 0.341 e. The smallest absolute Gasteiger partial charge is 0.247 e. The van der Waals surface area contributed by atoms with Crippen molar-refractivity contribution in [2.24, 2.45) is 5.73 Å². The minimum absolute atomic E-state index is 0.0790. The molecule has 0 spiro atoms. The molecule has 0 aliphatic carbocycles. The van der Waals surface area contributed by atoms with Crippen LogP contribution in [0.1, 0.15) is 38.9 Å². The maximum atomic E-state index is 12.1. The Hall–Kier alpha value is -1.43. The molecule has 18 heavy (non-hydrogen) atoms. The van der Waals surface area contributed by atoms with Gasteiger partial charge in [0.15, 0.2) is 0 Å². The topological polar surface area (TPSA) is 77.0 Å². The van der Waals surface area contributed by atoms with Crippen molar-refractivity contribution in [1.29, 1.82) is 0 Å². The van der Waals surface area contributed by atoms with Crippen LogP contribution < -0.4 is 5.73 Å². The van der Waals surface area contributed by atoms with Gasteiger partial charge in [-0.2, -0.15) is 0 Å². The first kappa shape index (κ1) is 14.6. The first-order valence-electron chi connectivity index (χ1n) is 6.53. The average molecular weight is 253 g/mol. The summed E-state index contributed by atoms with van der Waals surface area (Å²) in [7, 11) is 0. The molecule has 2 N–H and O–H groups in total. The van der Waals surface area contributed by atoms with Gasteiger partial charge in [-0.05, 0) is 40.2 Å². The lowest BCUT2D eigenvalue weighted by atomic mass is 10.2. The minimum atomic E-state index is -0.302. The zero-order chi connectivity index (χ0) is 13.5. The van der Waals surface area contributed by atoms with E-state index in [9.17, 15) is 4.79 Å². The second-order valence-electron chi connectivity index (χ2n) is 4.27. The lowest BCUT2D eigenvalue weighted by Crippen LogP contribution is -2.36. The van der Waals surface area contributed by atoms with Gasteiger partial charge < -0.3 is 10.6 Å². The van der Waals surface area contributed by atoms with Crippen LogP contribution in [-0.2, 0) is 11.2 Å². The highest BCUT2D eigenvalue weighted by Crippen LogP contribution is 2.09. The molecule has 1 aromatic heterocycles. The van der Waals surface area contributed by atoms with Crippen molar-refractivity contribution in [1.82, 2.24) is 19.9 Å². The third kappa shape index (κ3) is 3.53. The normalized spacial score (nSPS) is 12.4. The van der Waals surface area contributed by atoms with Gasteiger partial charge in [-0.25, -0.2) is 4.68 Å². The van der Waals surface area contributed by atoms with Gasteiger partial charge in [-0.15, -0.1) is 5.10 Å². The second-order valence-corrected chi connectivity index (χ2v) is 4.27. The van der Waals surface area contributed by atoms with E-state index in [0.29, 0.717) is 19.6 Å². The molecule has 0 radical (unpaired) electrons. The summed E-state index contributed by atoms with van der Waals surface area (Å²) < 4.78 is 1.63. The summed E-state index contributed by atoms with van der Waals surface area (Å²) in [5.41, 5.74) is 6.34. The van der Waals surface area contributed by atoms with Gasteiger partial charge in [0.05, 0.1) is 5.69 Å². The predicted octanol–water partition coefficient (Wildman–Crippen LogP) is 0.599. The molecule has 1 amide bonds. The van der Waals surface area contributed by atoms with Crippen molar-refractivity contribution in [3.63, 3.8) is 0 Å². The Morgan fingerprint density at radius 3 is 2.72 bits per heavy atom. The van der Waals surface area contributed by atoms with Crippen molar-refractivity contribution in [3.8, 4) is 0 Å². The maximum absolute atomic E-state index is 12.1. The van der Waals surface area contributed by atoms with E-state index in [0.717, 1.165) is 18.5 Å². The number of hydrogen-bond acceptors (Lipinski definition) is 4. The molecule has 0 saturated heterocycles. The monoisotopic (exact) mass is 253 g/mol. The zero-order valence-electron chi connectivity index (χ0n) is 11.5. The van der Waals surface area contributed by atoms with Crippen molar-refractivity contribution >= 4 is 5.91 Å². The van der Waals surface area contributed by atoms with Crippen molar-refractivity contribution < 1.29 is 4.79 Å². The fourth-order valence-corrected chi connectivity index (χ4v) is 1.81. The van der Waals surface area contributed by atoms with Gasteiger partial charge in [0.2, 0.25) is 5.91 Å². The van der Waals surface area contributed by atoms with Crippen LogP contribution in [0.15, 0.2) is 6.20 Å². The number of hydrogen-bond donors (Lipinski definition) is 1. The number of aromatic nitrogens is 3. The Morgan fingerprint density at radius 1 is 1.50 bits per heavy atom.